The second-order valence-electron chi connectivity index (χ2n) is 8.02. The van der Waals surface area contributed by atoms with Crippen LogP contribution >= 0.6 is 0 Å². The molecule has 2 aliphatic rings. The number of ether oxygens (including phenoxy) is 1. The van der Waals surface area contributed by atoms with Crippen LogP contribution in [0.4, 0.5) is 5.69 Å². The zero-order valence-electron chi connectivity index (χ0n) is 16.9. The van der Waals surface area contributed by atoms with Gasteiger partial charge in [0.2, 0.25) is 5.91 Å². The molecule has 0 radical (unpaired) electrons. The molecule has 5 rings (SSSR count). The molecule has 0 unspecified atom stereocenters. The molecule has 3 aromatic rings. The van der Waals surface area contributed by atoms with Crippen molar-refractivity contribution in [1.82, 2.24) is 15.2 Å². The van der Waals surface area contributed by atoms with Gasteiger partial charge in [0.1, 0.15) is 0 Å². The van der Waals surface area contributed by atoms with E-state index in [0.29, 0.717) is 5.39 Å². The summed E-state index contributed by atoms with van der Waals surface area (Å²) >= 11 is 0. The van der Waals surface area contributed by atoms with Crippen molar-refractivity contribution in [2.75, 3.05) is 51.3 Å². The molecule has 0 saturated carbocycles. The Labute approximate surface area is 174 Å². The maximum atomic E-state index is 12.5. The highest BCUT2D eigenvalue weighted by atomic mass is 16.5. The minimum atomic E-state index is -0.0646. The summed E-state index contributed by atoms with van der Waals surface area (Å²) in [5.41, 5.74) is 3.81. The number of hydrogen-bond acceptors (Lipinski definition) is 5. The van der Waals surface area contributed by atoms with Gasteiger partial charge in [-0.05, 0) is 48.8 Å². The summed E-state index contributed by atoms with van der Waals surface area (Å²) in [6.07, 6.45) is 1.74. The van der Waals surface area contributed by atoms with E-state index in [1.54, 1.807) is 0 Å². The highest BCUT2D eigenvalue weighted by Crippen LogP contribution is 2.39. The van der Waals surface area contributed by atoms with Gasteiger partial charge in [-0.25, -0.2) is 0 Å². The molecular weight excluding hydrogens is 380 g/mol. The molecule has 0 atom stereocenters. The number of amides is 1. The Balaban J connectivity index is 1.23. The van der Waals surface area contributed by atoms with Crippen LogP contribution in [0.3, 0.4) is 0 Å². The predicted molar refractivity (Wildman–Crippen MR) is 118 cm³/mol. The normalized spacial score (nSPS) is 16.0. The number of morpholine rings is 1. The first-order valence-corrected chi connectivity index (χ1v) is 10.6. The van der Waals surface area contributed by atoms with Gasteiger partial charge in [0.25, 0.3) is 5.56 Å². The molecule has 7 nitrogen and oxygen atoms in total. The summed E-state index contributed by atoms with van der Waals surface area (Å²) < 4.78 is 5.36. The maximum Gasteiger partial charge on any atom is 0.256 e. The number of hydrogen-bond donors (Lipinski definition) is 3. The number of nitrogens with one attached hydrogen (secondary N) is 3. The van der Waals surface area contributed by atoms with Gasteiger partial charge in [-0.1, -0.05) is 12.1 Å². The van der Waals surface area contributed by atoms with Gasteiger partial charge < -0.3 is 20.4 Å². The number of nitrogens with zero attached hydrogens (tertiary/aromatic N) is 1. The van der Waals surface area contributed by atoms with Gasteiger partial charge in [0, 0.05) is 46.9 Å². The average molecular weight is 406 g/mol. The quantitative estimate of drug-likeness (QED) is 0.322. The number of rotatable bonds is 7. The van der Waals surface area contributed by atoms with E-state index in [1.807, 2.05) is 24.3 Å². The minimum Gasteiger partial charge on any atom is -0.379 e. The highest BCUT2D eigenvalue weighted by Gasteiger charge is 2.22. The predicted octanol–water partition coefficient (Wildman–Crippen LogP) is 1.84. The van der Waals surface area contributed by atoms with E-state index in [9.17, 15) is 9.59 Å². The zero-order chi connectivity index (χ0) is 20.5. The van der Waals surface area contributed by atoms with Crippen molar-refractivity contribution in [2.24, 2.45) is 0 Å². The van der Waals surface area contributed by atoms with Crippen molar-refractivity contribution in [2.45, 2.75) is 12.8 Å². The topological polar surface area (TPSA) is 86.5 Å². The second-order valence-corrected chi connectivity index (χ2v) is 8.02. The van der Waals surface area contributed by atoms with Crippen LogP contribution in [-0.4, -0.2) is 61.7 Å². The Kier molecular flexibility index (Phi) is 5.25. The number of anilines is 1. The second kappa shape index (κ2) is 8.18. The lowest BCUT2D eigenvalue weighted by molar-refractivity contribution is -0.115. The number of H-pyrrole nitrogens is 1. The smallest absolute Gasteiger partial charge is 0.256 e. The minimum absolute atomic E-state index is 0.0476. The first-order chi connectivity index (χ1) is 14.7. The van der Waals surface area contributed by atoms with Crippen molar-refractivity contribution in [3.05, 3.63) is 51.8 Å². The van der Waals surface area contributed by atoms with Crippen LogP contribution in [0.15, 0.2) is 35.1 Å². The molecular formula is C23H26N4O3. The van der Waals surface area contributed by atoms with Crippen LogP contribution in [0.5, 0.6) is 0 Å². The summed E-state index contributed by atoms with van der Waals surface area (Å²) in [6, 6.07) is 9.61. The number of benzene rings is 2. The molecule has 1 aliphatic heterocycles. The van der Waals surface area contributed by atoms with E-state index < -0.39 is 0 Å². The molecule has 3 N–H and O–H groups in total. The first-order valence-electron chi connectivity index (χ1n) is 10.6. The van der Waals surface area contributed by atoms with Crippen molar-refractivity contribution in [3.8, 4) is 0 Å². The SMILES string of the molecule is O=C(CNCCCN1CCOCC1)Nc1ccc2[nH]c(=O)c3cccc4c3c2c1C4. The third-order valence-electron chi connectivity index (χ3n) is 6.06. The fourth-order valence-electron chi connectivity index (χ4n) is 4.60. The zero-order valence-corrected chi connectivity index (χ0v) is 16.9. The van der Waals surface area contributed by atoms with E-state index >= 15 is 0 Å². The molecule has 30 heavy (non-hydrogen) atoms. The van der Waals surface area contributed by atoms with E-state index in [0.717, 1.165) is 85.3 Å². The number of aromatic amines is 1. The van der Waals surface area contributed by atoms with Crippen LogP contribution < -0.4 is 16.2 Å². The molecule has 0 bridgehead atoms. The Morgan fingerprint density at radius 1 is 1.13 bits per heavy atom. The largest absolute Gasteiger partial charge is 0.379 e. The molecule has 156 valence electrons. The van der Waals surface area contributed by atoms with Crippen LogP contribution in [-0.2, 0) is 16.0 Å². The van der Waals surface area contributed by atoms with Gasteiger partial charge >= 0.3 is 0 Å². The lowest BCUT2D eigenvalue weighted by Gasteiger charge is -2.26. The molecule has 2 aromatic carbocycles. The fraction of sp³-hybridized carbons (Fsp3) is 0.391. The van der Waals surface area contributed by atoms with Crippen molar-refractivity contribution >= 4 is 33.3 Å². The van der Waals surface area contributed by atoms with E-state index in [1.165, 1.54) is 0 Å². The van der Waals surface area contributed by atoms with Crippen molar-refractivity contribution < 1.29 is 9.53 Å². The average Bonchev–Trinajstić information content (AvgIpc) is 3.16. The number of pyridine rings is 1. The first kappa shape index (κ1) is 19.2. The van der Waals surface area contributed by atoms with Gasteiger partial charge in [0.05, 0.1) is 19.8 Å². The molecule has 1 aliphatic carbocycles. The molecule has 7 heteroatoms. The van der Waals surface area contributed by atoms with Crippen LogP contribution in [0, 0.1) is 0 Å². The third kappa shape index (κ3) is 3.60. The summed E-state index contributed by atoms with van der Waals surface area (Å²) in [5, 5.41) is 9.08. The summed E-state index contributed by atoms with van der Waals surface area (Å²) in [5.74, 6) is -0.0476. The Morgan fingerprint density at radius 3 is 2.87 bits per heavy atom. The van der Waals surface area contributed by atoms with E-state index in [-0.39, 0.29) is 18.0 Å². The lowest BCUT2D eigenvalue weighted by atomic mass is 10.1. The molecule has 1 fully saturated rings. The third-order valence-corrected chi connectivity index (χ3v) is 6.06. The van der Waals surface area contributed by atoms with E-state index in [2.05, 4.69) is 26.6 Å². The Hall–Kier alpha value is -2.74. The van der Waals surface area contributed by atoms with E-state index in [4.69, 9.17) is 4.74 Å². The molecule has 1 aromatic heterocycles. The number of carbonyl (C=O) groups is 1. The molecule has 0 spiro atoms. The fourth-order valence-corrected chi connectivity index (χ4v) is 4.60. The summed E-state index contributed by atoms with van der Waals surface area (Å²) in [4.78, 5) is 30.2. The molecule has 1 saturated heterocycles. The van der Waals surface area contributed by atoms with Gasteiger partial charge in [-0.3, -0.25) is 14.5 Å². The monoisotopic (exact) mass is 406 g/mol. The number of carbonyl (C=O) groups excluding carboxylic acids is 1. The standard InChI is InChI=1S/C23H26N4O3/c28-20(14-24-7-2-8-27-9-11-30-12-10-27)25-18-5-6-19-22-17(18)13-15-3-1-4-16(21(15)22)23(29)26-19/h1,3-6,24H,2,7-14H2,(H,25,28)(H,26,29). The van der Waals surface area contributed by atoms with Crippen molar-refractivity contribution in [1.29, 1.82) is 0 Å². The van der Waals surface area contributed by atoms with Gasteiger partial charge in [-0.2, -0.15) is 0 Å². The van der Waals surface area contributed by atoms with Crippen LogP contribution in [0.1, 0.15) is 17.5 Å². The lowest BCUT2D eigenvalue weighted by Crippen LogP contribution is -2.38. The Morgan fingerprint density at radius 2 is 2.00 bits per heavy atom. The highest BCUT2D eigenvalue weighted by molar-refractivity contribution is 6.14. The van der Waals surface area contributed by atoms with Gasteiger partial charge in [0.15, 0.2) is 0 Å². The van der Waals surface area contributed by atoms with Gasteiger partial charge in [-0.15, -0.1) is 0 Å². The molecule has 2 heterocycles. The maximum absolute atomic E-state index is 12.5. The summed E-state index contributed by atoms with van der Waals surface area (Å²) in [7, 11) is 0. The summed E-state index contributed by atoms with van der Waals surface area (Å²) in [6.45, 7) is 5.73. The van der Waals surface area contributed by atoms with Crippen LogP contribution in [0.25, 0.3) is 21.7 Å². The van der Waals surface area contributed by atoms with Crippen LogP contribution in [0.2, 0.25) is 0 Å². The molecule has 1 amide bonds. The Bertz CT molecular complexity index is 1160. The van der Waals surface area contributed by atoms with Crippen molar-refractivity contribution in [3.63, 3.8) is 0 Å². The number of aromatic nitrogens is 1.